The first-order valence-electron chi connectivity index (χ1n) is 12.7. The van der Waals surface area contributed by atoms with Gasteiger partial charge in [0.05, 0.1) is 35.9 Å². The number of ether oxygens (including phenoxy) is 2. The van der Waals surface area contributed by atoms with Crippen molar-refractivity contribution >= 4 is 39.3 Å². The number of para-hydroxylation sites is 1. The normalized spacial score (nSPS) is 14.7. The first-order valence-corrected chi connectivity index (χ1v) is 13.5. The van der Waals surface area contributed by atoms with Crippen LogP contribution in [-0.4, -0.2) is 30.1 Å². The molecular weight excluding hydrogens is 504 g/mol. The van der Waals surface area contributed by atoms with E-state index in [1.165, 1.54) is 4.90 Å². The smallest absolute Gasteiger partial charge is 0.350 e. The summed E-state index contributed by atoms with van der Waals surface area (Å²) in [5.74, 6) is -0.381. The molecule has 0 saturated heterocycles. The quantitative estimate of drug-likeness (QED) is 0.191. The first-order chi connectivity index (χ1) is 18.4. The summed E-state index contributed by atoms with van der Waals surface area (Å²) in [6.07, 6.45) is 3.09. The van der Waals surface area contributed by atoms with E-state index in [0.29, 0.717) is 39.5 Å². The average molecular weight is 533 g/mol. The van der Waals surface area contributed by atoms with E-state index in [4.69, 9.17) is 13.9 Å². The minimum atomic E-state index is -0.807. The zero-order valence-electron chi connectivity index (χ0n) is 21.5. The number of benzene rings is 2. The number of hydrogen-bond donors (Lipinski definition) is 0. The molecule has 4 aromatic rings. The number of carbonyl (C=O) groups excluding carboxylic acids is 2. The Labute approximate surface area is 223 Å². The van der Waals surface area contributed by atoms with Gasteiger partial charge in [-0.15, -0.1) is 0 Å². The lowest BCUT2D eigenvalue weighted by molar-refractivity contribution is 0.0531. The number of thiazole rings is 1. The molecule has 2 aromatic heterocycles. The zero-order valence-corrected chi connectivity index (χ0v) is 22.3. The Bertz CT molecular complexity index is 1570. The molecular formula is C29H28N2O6S. The second kappa shape index (κ2) is 10.8. The summed E-state index contributed by atoms with van der Waals surface area (Å²) in [4.78, 5) is 46.4. The molecule has 0 aliphatic carbocycles. The minimum Gasteiger partial charge on any atom is -0.494 e. The van der Waals surface area contributed by atoms with E-state index < -0.39 is 17.9 Å². The molecule has 1 unspecified atom stereocenters. The number of rotatable bonds is 9. The number of anilines is 1. The second-order valence-corrected chi connectivity index (χ2v) is 9.98. The summed E-state index contributed by atoms with van der Waals surface area (Å²) in [5, 5.41) is 0.671. The Morgan fingerprint density at radius 2 is 1.92 bits per heavy atom. The van der Waals surface area contributed by atoms with Crippen LogP contribution in [-0.2, 0) is 4.74 Å². The number of aromatic nitrogens is 1. The van der Waals surface area contributed by atoms with Crippen LogP contribution in [0.2, 0.25) is 0 Å². The van der Waals surface area contributed by atoms with Crippen LogP contribution < -0.4 is 15.1 Å². The standard InChI is InChI=1S/C29H28N2O6S/c1-4-6-9-15-36-19-12-10-11-18(16-19)23-22-24(32)20-13-7-8-14-21(20)37-25(22)27(33)31(23)29-30-17(3)26(38-29)28(34)35-5-2/h7-8,10-14,16,23H,4-6,9,15H2,1-3H3. The summed E-state index contributed by atoms with van der Waals surface area (Å²) in [6.45, 7) is 6.34. The van der Waals surface area contributed by atoms with Crippen LogP contribution >= 0.6 is 11.3 Å². The van der Waals surface area contributed by atoms with Crippen molar-refractivity contribution in [1.82, 2.24) is 4.98 Å². The van der Waals surface area contributed by atoms with Crippen LogP contribution in [0.5, 0.6) is 5.75 Å². The van der Waals surface area contributed by atoms with E-state index >= 15 is 0 Å². The Hall–Kier alpha value is -3.98. The van der Waals surface area contributed by atoms with Gasteiger partial charge in [0.2, 0.25) is 5.76 Å². The molecule has 0 spiro atoms. The van der Waals surface area contributed by atoms with Crippen molar-refractivity contribution in [1.29, 1.82) is 0 Å². The number of hydrogen-bond acceptors (Lipinski definition) is 8. The predicted molar refractivity (Wildman–Crippen MR) is 145 cm³/mol. The molecule has 3 heterocycles. The summed E-state index contributed by atoms with van der Waals surface area (Å²) >= 11 is 1.06. The number of unbranched alkanes of at least 4 members (excludes halogenated alkanes) is 2. The maximum atomic E-state index is 13.8. The van der Waals surface area contributed by atoms with E-state index in [1.54, 1.807) is 38.1 Å². The van der Waals surface area contributed by atoms with Gasteiger partial charge in [0.25, 0.3) is 5.91 Å². The molecule has 1 aliphatic rings. The fourth-order valence-electron chi connectivity index (χ4n) is 4.62. The first kappa shape index (κ1) is 25.7. The molecule has 1 aliphatic heterocycles. The lowest BCUT2D eigenvalue weighted by Gasteiger charge is -2.23. The van der Waals surface area contributed by atoms with E-state index in [0.717, 1.165) is 30.6 Å². The SMILES string of the molecule is CCCCCOc1cccc(C2c3c(oc4ccccc4c3=O)C(=O)N2c2nc(C)c(C(=O)OCC)s2)c1. The maximum Gasteiger partial charge on any atom is 0.350 e. The van der Waals surface area contributed by atoms with Gasteiger partial charge in [0, 0.05) is 0 Å². The minimum absolute atomic E-state index is 0.0292. The van der Waals surface area contributed by atoms with Gasteiger partial charge in [-0.1, -0.05) is 55.4 Å². The average Bonchev–Trinajstić information content (AvgIpc) is 3.44. The van der Waals surface area contributed by atoms with Crippen LogP contribution in [0.15, 0.2) is 57.7 Å². The summed E-state index contributed by atoms with van der Waals surface area (Å²) < 4.78 is 17.1. The van der Waals surface area contributed by atoms with Gasteiger partial charge >= 0.3 is 5.97 Å². The molecule has 38 heavy (non-hydrogen) atoms. The maximum absolute atomic E-state index is 13.8. The highest BCUT2D eigenvalue weighted by Crippen LogP contribution is 2.43. The van der Waals surface area contributed by atoms with Gasteiger partial charge in [-0.25, -0.2) is 9.78 Å². The van der Waals surface area contributed by atoms with Crippen molar-refractivity contribution in [3.05, 3.63) is 86.2 Å². The Balaban J connectivity index is 1.65. The van der Waals surface area contributed by atoms with Gasteiger partial charge in [0.1, 0.15) is 16.2 Å². The van der Waals surface area contributed by atoms with Crippen LogP contribution in [0.25, 0.3) is 11.0 Å². The highest BCUT2D eigenvalue weighted by molar-refractivity contribution is 7.17. The van der Waals surface area contributed by atoms with Gasteiger partial charge in [-0.05, 0) is 50.1 Å². The third-order valence-electron chi connectivity index (χ3n) is 6.42. The number of esters is 1. The van der Waals surface area contributed by atoms with Crippen LogP contribution in [0, 0.1) is 6.92 Å². The molecule has 2 aromatic carbocycles. The van der Waals surface area contributed by atoms with Crippen molar-refractivity contribution in [2.45, 2.75) is 46.1 Å². The number of amides is 1. The van der Waals surface area contributed by atoms with Crippen molar-refractivity contribution in [2.75, 3.05) is 18.1 Å². The fraction of sp³-hybridized carbons (Fsp3) is 0.310. The molecule has 0 radical (unpaired) electrons. The molecule has 0 saturated carbocycles. The fourth-order valence-corrected chi connectivity index (χ4v) is 5.61. The molecule has 9 heteroatoms. The van der Waals surface area contributed by atoms with Gasteiger partial charge < -0.3 is 13.9 Å². The van der Waals surface area contributed by atoms with Gasteiger partial charge in [-0.2, -0.15) is 0 Å². The van der Waals surface area contributed by atoms with Crippen LogP contribution in [0.3, 0.4) is 0 Å². The van der Waals surface area contributed by atoms with Crippen molar-refractivity contribution in [3.8, 4) is 5.75 Å². The largest absolute Gasteiger partial charge is 0.494 e. The third kappa shape index (κ3) is 4.58. The molecule has 0 bridgehead atoms. The van der Waals surface area contributed by atoms with Crippen molar-refractivity contribution in [3.63, 3.8) is 0 Å². The van der Waals surface area contributed by atoms with Crippen LogP contribution in [0.4, 0.5) is 5.13 Å². The molecule has 1 amide bonds. The number of nitrogens with zero attached hydrogens (tertiary/aromatic N) is 2. The summed E-state index contributed by atoms with van der Waals surface area (Å²) in [5.41, 5.74) is 1.42. The van der Waals surface area contributed by atoms with Crippen molar-refractivity contribution < 1.29 is 23.5 Å². The van der Waals surface area contributed by atoms with Crippen LogP contribution in [0.1, 0.15) is 76.2 Å². The molecule has 0 fully saturated rings. The predicted octanol–water partition coefficient (Wildman–Crippen LogP) is 6.05. The monoisotopic (exact) mass is 532 g/mol. The Kier molecular flexibility index (Phi) is 7.28. The van der Waals surface area contributed by atoms with E-state index in [9.17, 15) is 14.4 Å². The van der Waals surface area contributed by atoms with E-state index in [2.05, 4.69) is 11.9 Å². The van der Waals surface area contributed by atoms with Gasteiger partial charge in [0.15, 0.2) is 10.6 Å². The molecule has 8 nitrogen and oxygen atoms in total. The summed E-state index contributed by atoms with van der Waals surface area (Å²) in [6, 6.07) is 13.4. The van der Waals surface area contributed by atoms with E-state index in [-0.39, 0.29) is 28.5 Å². The molecule has 196 valence electrons. The highest BCUT2D eigenvalue weighted by atomic mass is 32.1. The number of fused-ring (bicyclic) bond motifs is 2. The lowest BCUT2D eigenvalue weighted by Crippen LogP contribution is -2.29. The third-order valence-corrected chi connectivity index (χ3v) is 7.56. The van der Waals surface area contributed by atoms with Crippen molar-refractivity contribution in [2.24, 2.45) is 0 Å². The Morgan fingerprint density at radius 3 is 2.71 bits per heavy atom. The zero-order chi connectivity index (χ0) is 26.8. The summed E-state index contributed by atoms with van der Waals surface area (Å²) in [7, 11) is 0. The second-order valence-electron chi connectivity index (χ2n) is 9.01. The molecule has 0 N–H and O–H groups in total. The highest BCUT2D eigenvalue weighted by Gasteiger charge is 2.45. The lowest BCUT2D eigenvalue weighted by atomic mass is 9.98. The molecule has 5 rings (SSSR count). The number of carbonyl (C=O) groups is 2. The van der Waals surface area contributed by atoms with E-state index in [1.807, 2.05) is 24.3 Å². The topological polar surface area (TPSA) is 98.9 Å². The molecule has 1 atom stereocenters. The van der Waals surface area contributed by atoms with Gasteiger partial charge in [-0.3, -0.25) is 14.5 Å². The Morgan fingerprint density at radius 1 is 1.11 bits per heavy atom. The number of aryl methyl sites for hydroxylation is 1.